The largest absolute Gasteiger partial charge is 0.356 e. The third kappa shape index (κ3) is 3.10. The van der Waals surface area contributed by atoms with Crippen molar-refractivity contribution in [3.8, 4) is 10.6 Å². The molecule has 106 valence electrons. The lowest BCUT2D eigenvalue weighted by atomic mass is 9.85. The van der Waals surface area contributed by atoms with Gasteiger partial charge in [0.25, 0.3) is 0 Å². The molecule has 5 heteroatoms. The van der Waals surface area contributed by atoms with Gasteiger partial charge in [0.15, 0.2) is 0 Å². The molecule has 0 spiro atoms. The zero-order chi connectivity index (χ0) is 13.9. The molecule has 1 N–H and O–H groups in total. The van der Waals surface area contributed by atoms with Gasteiger partial charge >= 0.3 is 0 Å². The maximum absolute atomic E-state index is 11.7. The smallest absolute Gasteiger partial charge is 0.223 e. The van der Waals surface area contributed by atoms with Crippen molar-refractivity contribution in [3.05, 3.63) is 27.4 Å². The van der Waals surface area contributed by atoms with E-state index in [1.54, 1.807) is 22.7 Å². The van der Waals surface area contributed by atoms with E-state index in [0.717, 1.165) is 36.5 Å². The fourth-order valence-electron chi connectivity index (χ4n) is 2.25. The Bertz CT molecular complexity index is 599. The van der Waals surface area contributed by atoms with Crippen LogP contribution in [0.1, 0.15) is 29.1 Å². The lowest BCUT2D eigenvalue weighted by molar-refractivity contribution is -0.127. The lowest BCUT2D eigenvalue weighted by Crippen LogP contribution is -2.35. The van der Waals surface area contributed by atoms with Crippen LogP contribution in [0.2, 0.25) is 0 Å². The number of amides is 1. The first-order valence-corrected chi connectivity index (χ1v) is 8.71. The topological polar surface area (TPSA) is 42.0 Å². The first-order valence-electron chi connectivity index (χ1n) is 7.01. The average Bonchev–Trinajstić information content (AvgIpc) is 2.95. The molecule has 0 aliphatic heterocycles. The lowest BCUT2D eigenvalue weighted by Gasteiger charge is -2.23. The third-order valence-electron chi connectivity index (χ3n) is 3.68. The molecule has 0 radical (unpaired) electrons. The van der Waals surface area contributed by atoms with Crippen LogP contribution in [0, 0.1) is 12.8 Å². The molecule has 20 heavy (non-hydrogen) atoms. The zero-order valence-electron chi connectivity index (χ0n) is 11.5. The van der Waals surface area contributed by atoms with Crippen molar-refractivity contribution >= 4 is 28.6 Å². The second-order valence-electron chi connectivity index (χ2n) is 5.19. The molecule has 1 aliphatic rings. The first kappa shape index (κ1) is 13.8. The van der Waals surface area contributed by atoms with Gasteiger partial charge in [0.05, 0.1) is 15.6 Å². The zero-order valence-corrected chi connectivity index (χ0v) is 13.1. The van der Waals surface area contributed by atoms with Gasteiger partial charge in [0.1, 0.15) is 0 Å². The van der Waals surface area contributed by atoms with Gasteiger partial charge < -0.3 is 5.32 Å². The van der Waals surface area contributed by atoms with Crippen molar-refractivity contribution in [1.29, 1.82) is 0 Å². The van der Waals surface area contributed by atoms with E-state index in [9.17, 15) is 4.79 Å². The number of rotatable bonds is 5. The number of aromatic nitrogens is 1. The predicted molar refractivity (Wildman–Crippen MR) is 84.2 cm³/mol. The Morgan fingerprint density at radius 3 is 2.95 bits per heavy atom. The van der Waals surface area contributed by atoms with Gasteiger partial charge in [-0.15, -0.1) is 22.7 Å². The second kappa shape index (κ2) is 6.06. The van der Waals surface area contributed by atoms with Crippen LogP contribution in [-0.2, 0) is 11.2 Å². The Kier molecular flexibility index (Phi) is 4.17. The molecule has 3 nitrogen and oxygen atoms in total. The van der Waals surface area contributed by atoms with Gasteiger partial charge in [0.2, 0.25) is 5.91 Å². The van der Waals surface area contributed by atoms with Gasteiger partial charge in [-0.2, -0.15) is 0 Å². The molecule has 0 unspecified atom stereocenters. The van der Waals surface area contributed by atoms with Gasteiger partial charge in [-0.05, 0) is 38.3 Å². The van der Waals surface area contributed by atoms with Crippen LogP contribution in [0.3, 0.4) is 0 Å². The summed E-state index contributed by atoms with van der Waals surface area (Å²) in [7, 11) is 0. The van der Waals surface area contributed by atoms with Crippen molar-refractivity contribution in [1.82, 2.24) is 10.3 Å². The minimum absolute atomic E-state index is 0.239. The number of aryl methyl sites for hydroxylation is 1. The third-order valence-corrected chi connectivity index (χ3v) is 5.62. The number of nitrogens with one attached hydrogen (secondary N) is 1. The number of carbonyl (C=O) groups is 1. The van der Waals surface area contributed by atoms with Crippen LogP contribution < -0.4 is 5.32 Å². The Labute approximate surface area is 127 Å². The van der Waals surface area contributed by atoms with Gasteiger partial charge in [0, 0.05) is 22.7 Å². The van der Waals surface area contributed by atoms with Gasteiger partial charge in [-0.3, -0.25) is 4.79 Å². The standard InChI is InChI=1S/C15H18N2OS2/c1-10-17-13(9-19-10)14-6-5-12(20-14)7-8-16-15(18)11-3-2-4-11/h5-6,9,11H,2-4,7-8H2,1H3,(H,16,18). The molecule has 0 bridgehead atoms. The molecule has 2 aromatic rings. The number of thiophene rings is 1. The first-order chi connectivity index (χ1) is 9.72. The number of hydrogen-bond donors (Lipinski definition) is 1. The molecule has 0 atom stereocenters. The highest BCUT2D eigenvalue weighted by Crippen LogP contribution is 2.29. The van der Waals surface area contributed by atoms with Crippen molar-refractivity contribution in [2.45, 2.75) is 32.6 Å². The highest BCUT2D eigenvalue weighted by Gasteiger charge is 2.24. The molecule has 0 aromatic carbocycles. The van der Waals surface area contributed by atoms with Crippen LogP contribution in [0.25, 0.3) is 10.6 Å². The fraction of sp³-hybridized carbons (Fsp3) is 0.467. The van der Waals surface area contributed by atoms with Crippen molar-refractivity contribution < 1.29 is 4.79 Å². The van der Waals surface area contributed by atoms with E-state index in [0.29, 0.717) is 0 Å². The molecule has 2 heterocycles. The molecular formula is C15H18N2OS2. The maximum atomic E-state index is 11.7. The van der Waals surface area contributed by atoms with Crippen LogP contribution in [0.5, 0.6) is 0 Å². The van der Waals surface area contributed by atoms with Gasteiger partial charge in [-0.25, -0.2) is 4.98 Å². The van der Waals surface area contributed by atoms with E-state index in [1.807, 2.05) is 6.92 Å². The van der Waals surface area contributed by atoms with Crippen LogP contribution in [-0.4, -0.2) is 17.4 Å². The minimum atomic E-state index is 0.239. The summed E-state index contributed by atoms with van der Waals surface area (Å²) in [5.41, 5.74) is 1.07. The van der Waals surface area contributed by atoms with Crippen molar-refractivity contribution in [2.75, 3.05) is 6.54 Å². The quantitative estimate of drug-likeness (QED) is 0.916. The summed E-state index contributed by atoms with van der Waals surface area (Å²) in [4.78, 5) is 18.8. The Morgan fingerprint density at radius 2 is 2.30 bits per heavy atom. The molecule has 1 fully saturated rings. The van der Waals surface area contributed by atoms with Crippen LogP contribution in [0.15, 0.2) is 17.5 Å². The number of carbonyl (C=O) groups excluding carboxylic acids is 1. The maximum Gasteiger partial charge on any atom is 0.223 e. The van der Waals surface area contributed by atoms with E-state index in [4.69, 9.17) is 0 Å². The highest BCUT2D eigenvalue weighted by atomic mass is 32.1. The van der Waals surface area contributed by atoms with E-state index in [1.165, 1.54) is 16.2 Å². The summed E-state index contributed by atoms with van der Waals surface area (Å²) in [6, 6.07) is 4.27. The summed E-state index contributed by atoms with van der Waals surface area (Å²) in [6.07, 6.45) is 4.25. The average molecular weight is 306 g/mol. The minimum Gasteiger partial charge on any atom is -0.356 e. The van der Waals surface area contributed by atoms with Gasteiger partial charge in [-0.1, -0.05) is 6.42 Å². The van der Waals surface area contributed by atoms with Crippen LogP contribution >= 0.6 is 22.7 Å². The molecule has 1 saturated carbocycles. The molecule has 3 rings (SSSR count). The van der Waals surface area contributed by atoms with E-state index < -0.39 is 0 Å². The van der Waals surface area contributed by atoms with E-state index in [2.05, 4.69) is 27.8 Å². The monoisotopic (exact) mass is 306 g/mol. The van der Waals surface area contributed by atoms with Crippen molar-refractivity contribution in [2.24, 2.45) is 5.92 Å². The molecule has 2 aromatic heterocycles. The Hall–Kier alpha value is -1.20. The number of thiazole rings is 1. The summed E-state index contributed by atoms with van der Waals surface area (Å²) in [5, 5.41) is 6.24. The van der Waals surface area contributed by atoms with Crippen LogP contribution in [0.4, 0.5) is 0 Å². The number of nitrogens with zero attached hydrogens (tertiary/aromatic N) is 1. The highest BCUT2D eigenvalue weighted by molar-refractivity contribution is 7.16. The number of hydrogen-bond acceptors (Lipinski definition) is 4. The molecular weight excluding hydrogens is 288 g/mol. The molecule has 0 saturated heterocycles. The summed E-state index contributed by atoms with van der Waals surface area (Å²) in [5.74, 6) is 0.523. The summed E-state index contributed by atoms with van der Waals surface area (Å²) in [6.45, 7) is 2.77. The Balaban J connectivity index is 1.51. The van der Waals surface area contributed by atoms with E-state index in [-0.39, 0.29) is 11.8 Å². The predicted octanol–water partition coefficient (Wildman–Crippen LogP) is 3.64. The fourth-order valence-corrected chi connectivity index (χ4v) is 3.91. The van der Waals surface area contributed by atoms with Crippen molar-refractivity contribution in [3.63, 3.8) is 0 Å². The Morgan fingerprint density at radius 1 is 1.45 bits per heavy atom. The normalized spacial score (nSPS) is 15.1. The SMILES string of the molecule is Cc1nc(-c2ccc(CCNC(=O)C3CCC3)s2)cs1. The molecule has 1 amide bonds. The summed E-state index contributed by atoms with van der Waals surface area (Å²) >= 11 is 3.45. The second-order valence-corrected chi connectivity index (χ2v) is 7.42. The summed E-state index contributed by atoms with van der Waals surface area (Å²) < 4.78 is 0. The molecule has 1 aliphatic carbocycles. The van der Waals surface area contributed by atoms with E-state index >= 15 is 0 Å².